The summed E-state index contributed by atoms with van der Waals surface area (Å²) in [5, 5.41) is 9.17. The summed E-state index contributed by atoms with van der Waals surface area (Å²) in [6.45, 7) is 3.98. The highest BCUT2D eigenvalue weighted by Gasteiger charge is 2.21. The summed E-state index contributed by atoms with van der Waals surface area (Å²) in [6, 6.07) is 0. The van der Waals surface area contributed by atoms with Gasteiger partial charge < -0.3 is 5.11 Å². The molecule has 2 atom stereocenters. The van der Waals surface area contributed by atoms with Crippen LogP contribution in [-0.2, 0) is 10.1 Å². The molecule has 0 spiro atoms. The summed E-state index contributed by atoms with van der Waals surface area (Å²) in [7, 11) is -3.97. The Bertz CT molecular complexity index is 354. The Hall–Kier alpha value is -0.130. The quantitative estimate of drug-likeness (QED) is 0.300. The second-order valence-electron chi connectivity index (χ2n) is 6.75. The Morgan fingerprint density at radius 3 is 1.65 bits per heavy atom. The van der Waals surface area contributed by atoms with Gasteiger partial charge >= 0.3 is 0 Å². The average Bonchev–Trinajstić information content (AvgIpc) is 2.48. The fraction of sp³-hybridized carbons (Fsp3) is 1.00. The topological polar surface area (TPSA) is 74.6 Å². The van der Waals surface area contributed by atoms with Crippen LogP contribution in [0.2, 0.25) is 0 Å². The van der Waals surface area contributed by atoms with Crippen LogP contribution in [0, 0.1) is 0 Å². The van der Waals surface area contributed by atoms with Gasteiger partial charge in [-0.3, -0.25) is 4.55 Å². The summed E-state index contributed by atoms with van der Waals surface area (Å²) in [4.78, 5) is 0. The number of aliphatic hydroxyl groups excluding tert-OH is 1. The van der Waals surface area contributed by atoms with Crippen LogP contribution < -0.4 is 0 Å². The predicted molar refractivity (Wildman–Crippen MR) is 97.3 cm³/mol. The number of aliphatic hydroxyl groups is 1. The third-order valence-electron chi connectivity index (χ3n) is 4.59. The van der Waals surface area contributed by atoms with Crippen molar-refractivity contribution in [1.82, 2.24) is 0 Å². The van der Waals surface area contributed by atoms with Crippen LogP contribution >= 0.6 is 0 Å². The minimum absolute atomic E-state index is 0.342. The molecule has 0 aromatic heterocycles. The van der Waals surface area contributed by atoms with Gasteiger partial charge in [0.15, 0.2) is 0 Å². The van der Waals surface area contributed by atoms with Crippen LogP contribution in [0.3, 0.4) is 0 Å². The van der Waals surface area contributed by atoms with Crippen molar-refractivity contribution < 1.29 is 18.1 Å². The Kier molecular flexibility index (Phi) is 14.2. The molecule has 0 amide bonds. The van der Waals surface area contributed by atoms with Gasteiger partial charge in [0.1, 0.15) is 0 Å². The van der Waals surface area contributed by atoms with E-state index in [1.807, 2.05) is 0 Å². The van der Waals surface area contributed by atoms with Crippen LogP contribution in [0.15, 0.2) is 0 Å². The fourth-order valence-corrected chi connectivity index (χ4v) is 3.81. The lowest BCUT2D eigenvalue weighted by Crippen LogP contribution is -2.21. The molecule has 0 rings (SSSR count). The standard InChI is InChI=1S/C18H38O4S/c1-3-5-6-7-8-9-10-11-12-13-14-17(19)15-16-18(4-2)23(20,21)22/h17-19H,3-16H2,1-2H3,(H,20,21,22). The lowest BCUT2D eigenvalue weighted by molar-refractivity contribution is 0.147. The van der Waals surface area contributed by atoms with Crippen molar-refractivity contribution in [2.45, 2.75) is 115 Å². The van der Waals surface area contributed by atoms with Crippen LogP contribution in [0.4, 0.5) is 0 Å². The normalized spacial score (nSPS) is 14.8. The van der Waals surface area contributed by atoms with E-state index >= 15 is 0 Å². The van der Waals surface area contributed by atoms with Crippen LogP contribution in [0.5, 0.6) is 0 Å². The molecule has 0 saturated carbocycles. The van der Waals surface area contributed by atoms with Crippen molar-refractivity contribution in [1.29, 1.82) is 0 Å². The highest BCUT2D eigenvalue weighted by Crippen LogP contribution is 2.17. The minimum atomic E-state index is -3.97. The van der Waals surface area contributed by atoms with E-state index < -0.39 is 21.5 Å². The molecule has 0 radical (unpaired) electrons. The molecule has 5 heteroatoms. The second-order valence-corrected chi connectivity index (χ2v) is 8.44. The molecule has 23 heavy (non-hydrogen) atoms. The van der Waals surface area contributed by atoms with E-state index in [4.69, 9.17) is 4.55 Å². The second kappa shape index (κ2) is 14.2. The molecule has 140 valence electrons. The van der Waals surface area contributed by atoms with Gasteiger partial charge in [-0.25, -0.2) is 0 Å². The summed E-state index contributed by atoms with van der Waals surface area (Å²) >= 11 is 0. The van der Waals surface area contributed by atoms with E-state index in [0.29, 0.717) is 19.3 Å². The molecule has 0 bridgehead atoms. The zero-order valence-corrected chi connectivity index (χ0v) is 16.0. The number of hydrogen-bond acceptors (Lipinski definition) is 3. The lowest BCUT2D eigenvalue weighted by atomic mass is 10.0. The maximum Gasteiger partial charge on any atom is 0.267 e. The Morgan fingerprint density at radius 2 is 1.22 bits per heavy atom. The van der Waals surface area contributed by atoms with Crippen molar-refractivity contribution >= 4 is 10.1 Å². The molecule has 2 unspecified atom stereocenters. The molecule has 0 heterocycles. The van der Waals surface area contributed by atoms with Gasteiger partial charge in [0.05, 0.1) is 11.4 Å². The highest BCUT2D eigenvalue weighted by molar-refractivity contribution is 7.86. The zero-order valence-electron chi connectivity index (χ0n) is 15.2. The first-order valence-corrected chi connectivity index (χ1v) is 11.1. The molecule has 0 fully saturated rings. The van der Waals surface area contributed by atoms with E-state index in [9.17, 15) is 13.5 Å². The van der Waals surface area contributed by atoms with Gasteiger partial charge in [0.25, 0.3) is 10.1 Å². The Labute approximate surface area is 143 Å². The van der Waals surface area contributed by atoms with E-state index in [1.54, 1.807) is 6.92 Å². The first-order valence-electron chi connectivity index (χ1n) is 9.56. The highest BCUT2D eigenvalue weighted by atomic mass is 32.2. The largest absolute Gasteiger partial charge is 0.393 e. The predicted octanol–water partition coefficient (Wildman–Crippen LogP) is 5.10. The first-order chi connectivity index (χ1) is 10.9. The van der Waals surface area contributed by atoms with Crippen LogP contribution in [0.1, 0.15) is 104 Å². The molecule has 0 aliphatic carbocycles. The molecule has 0 saturated heterocycles. The van der Waals surface area contributed by atoms with Gasteiger partial charge in [0, 0.05) is 0 Å². The van der Waals surface area contributed by atoms with Crippen LogP contribution in [-0.4, -0.2) is 29.4 Å². The number of rotatable bonds is 16. The van der Waals surface area contributed by atoms with Gasteiger partial charge in [-0.05, 0) is 25.7 Å². The maximum atomic E-state index is 11.1. The van der Waals surface area contributed by atoms with E-state index in [0.717, 1.165) is 19.3 Å². The average molecular weight is 351 g/mol. The maximum absolute atomic E-state index is 11.1. The van der Waals surface area contributed by atoms with Gasteiger partial charge in [-0.15, -0.1) is 0 Å². The third-order valence-corrected chi connectivity index (χ3v) is 6.00. The van der Waals surface area contributed by atoms with Gasteiger partial charge in [0.2, 0.25) is 0 Å². The summed E-state index contributed by atoms with van der Waals surface area (Å²) in [5.41, 5.74) is 0. The molecule has 4 nitrogen and oxygen atoms in total. The van der Waals surface area contributed by atoms with E-state index in [2.05, 4.69) is 6.92 Å². The van der Waals surface area contributed by atoms with Crippen molar-refractivity contribution in [3.63, 3.8) is 0 Å². The SMILES string of the molecule is CCCCCCCCCCCCC(O)CCC(CC)S(=O)(=O)O. The molecular weight excluding hydrogens is 312 g/mol. The van der Waals surface area contributed by atoms with Crippen molar-refractivity contribution in [3.8, 4) is 0 Å². The summed E-state index contributed by atoms with van der Waals surface area (Å²) in [5.74, 6) is 0. The van der Waals surface area contributed by atoms with E-state index in [-0.39, 0.29) is 0 Å². The zero-order chi connectivity index (χ0) is 17.6. The Balaban J connectivity index is 3.48. The molecule has 0 aliphatic heterocycles. The van der Waals surface area contributed by atoms with Crippen molar-refractivity contribution in [2.75, 3.05) is 0 Å². The van der Waals surface area contributed by atoms with Crippen molar-refractivity contribution in [2.24, 2.45) is 0 Å². The Morgan fingerprint density at radius 1 is 0.739 bits per heavy atom. The molecular formula is C18H38O4S. The molecule has 0 aromatic rings. The molecule has 0 aromatic carbocycles. The summed E-state index contributed by atoms with van der Waals surface area (Å²) < 4.78 is 31.2. The molecule has 2 N–H and O–H groups in total. The first kappa shape index (κ1) is 22.9. The number of unbranched alkanes of at least 4 members (excludes halogenated alkanes) is 9. The van der Waals surface area contributed by atoms with E-state index in [1.165, 1.54) is 51.4 Å². The monoisotopic (exact) mass is 350 g/mol. The van der Waals surface area contributed by atoms with Crippen LogP contribution in [0.25, 0.3) is 0 Å². The molecule has 0 aliphatic rings. The smallest absolute Gasteiger partial charge is 0.267 e. The third kappa shape index (κ3) is 14.0. The number of hydrogen-bond donors (Lipinski definition) is 2. The van der Waals surface area contributed by atoms with Gasteiger partial charge in [-0.2, -0.15) is 8.42 Å². The lowest BCUT2D eigenvalue weighted by Gasteiger charge is -2.14. The van der Waals surface area contributed by atoms with Crippen molar-refractivity contribution in [3.05, 3.63) is 0 Å². The minimum Gasteiger partial charge on any atom is -0.393 e. The summed E-state index contributed by atoms with van der Waals surface area (Å²) in [6.07, 6.45) is 14.2. The fourth-order valence-electron chi connectivity index (χ4n) is 2.95. The van der Waals surface area contributed by atoms with Gasteiger partial charge in [-0.1, -0.05) is 78.1 Å².